The quantitative estimate of drug-likeness (QED) is 0.882. The molecule has 1 aliphatic rings. The number of benzene rings is 1. The van der Waals surface area contributed by atoms with Gasteiger partial charge < -0.3 is 15.3 Å². The molecule has 1 aliphatic carbocycles. The number of rotatable bonds is 4. The Balaban J connectivity index is 2.07. The van der Waals surface area contributed by atoms with E-state index >= 15 is 0 Å². The van der Waals surface area contributed by atoms with Crippen LogP contribution in [0.4, 0.5) is 10.5 Å². The summed E-state index contributed by atoms with van der Waals surface area (Å²) < 4.78 is 0. The second kappa shape index (κ2) is 5.59. The second-order valence-corrected chi connectivity index (χ2v) is 4.97. The van der Waals surface area contributed by atoms with Gasteiger partial charge in [0.05, 0.1) is 6.61 Å². The number of halogens is 1. The molecule has 1 fully saturated rings. The van der Waals surface area contributed by atoms with Crippen LogP contribution in [0.1, 0.15) is 18.4 Å². The third-order valence-corrected chi connectivity index (χ3v) is 3.27. The molecule has 0 aliphatic heterocycles. The van der Waals surface area contributed by atoms with Crippen LogP contribution in [0.5, 0.6) is 0 Å². The number of aliphatic hydroxyl groups is 1. The molecule has 0 bridgehead atoms. The molecule has 0 atom stereocenters. The van der Waals surface area contributed by atoms with E-state index in [1.807, 2.05) is 13.0 Å². The van der Waals surface area contributed by atoms with Gasteiger partial charge in [0, 0.05) is 23.3 Å². The maximum atomic E-state index is 12.1. The van der Waals surface area contributed by atoms with E-state index in [0.29, 0.717) is 11.6 Å². The molecule has 0 radical (unpaired) electrons. The van der Waals surface area contributed by atoms with Crippen molar-refractivity contribution in [2.45, 2.75) is 25.8 Å². The number of nitrogens with zero attached hydrogens (tertiary/aromatic N) is 1. The van der Waals surface area contributed by atoms with Gasteiger partial charge in [0.25, 0.3) is 0 Å². The first-order valence-corrected chi connectivity index (χ1v) is 6.44. The number of nitrogens with one attached hydrogen (secondary N) is 1. The third kappa shape index (κ3) is 3.15. The number of hydrogen-bond acceptors (Lipinski definition) is 2. The molecule has 1 aromatic carbocycles. The van der Waals surface area contributed by atoms with Crippen LogP contribution >= 0.6 is 11.6 Å². The molecule has 0 heterocycles. The minimum atomic E-state index is -0.170. The summed E-state index contributed by atoms with van der Waals surface area (Å²) >= 11 is 5.91. The maximum absolute atomic E-state index is 12.1. The van der Waals surface area contributed by atoms with Crippen molar-refractivity contribution in [3.8, 4) is 0 Å². The normalized spacial score (nSPS) is 14.4. The number of hydrogen-bond donors (Lipinski definition) is 2. The van der Waals surface area contributed by atoms with Crippen LogP contribution in [-0.4, -0.2) is 35.2 Å². The molecule has 0 aromatic heterocycles. The Labute approximate surface area is 112 Å². The van der Waals surface area contributed by atoms with E-state index in [4.69, 9.17) is 16.7 Å². The zero-order valence-corrected chi connectivity index (χ0v) is 11.1. The topological polar surface area (TPSA) is 52.6 Å². The Kier molecular flexibility index (Phi) is 4.09. The van der Waals surface area contributed by atoms with Crippen LogP contribution in [0.25, 0.3) is 0 Å². The number of carbonyl (C=O) groups is 1. The summed E-state index contributed by atoms with van der Waals surface area (Å²) in [6.07, 6.45) is 2.03. The van der Waals surface area contributed by atoms with Crippen LogP contribution in [0, 0.1) is 6.92 Å². The van der Waals surface area contributed by atoms with E-state index in [1.54, 1.807) is 17.0 Å². The molecule has 0 spiro atoms. The van der Waals surface area contributed by atoms with Gasteiger partial charge in [0.15, 0.2) is 0 Å². The largest absolute Gasteiger partial charge is 0.395 e. The zero-order valence-electron chi connectivity index (χ0n) is 10.3. The van der Waals surface area contributed by atoms with Crippen molar-refractivity contribution < 1.29 is 9.90 Å². The van der Waals surface area contributed by atoms with Crippen molar-refractivity contribution in [1.29, 1.82) is 0 Å². The number of anilines is 1. The fourth-order valence-corrected chi connectivity index (χ4v) is 2.03. The molecule has 4 nitrogen and oxygen atoms in total. The second-order valence-electron chi connectivity index (χ2n) is 4.54. The van der Waals surface area contributed by atoms with Gasteiger partial charge in [-0.1, -0.05) is 17.7 Å². The van der Waals surface area contributed by atoms with Crippen LogP contribution < -0.4 is 5.32 Å². The first kappa shape index (κ1) is 13.2. The molecule has 2 amide bonds. The summed E-state index contributed by atoms with van der Waals surface area (Å²) in [6.45, 7) is 2.27. The Bertz CT molecular complexity index is 447. The molecule has 98 valence electrons. The van der Waals surface area contributed by atoms with E-state index < -0.39 is 0 Å². The molecule has 18 heavy (non-hydrogen) atoms. The van der Waals surface area contributed by atoms with Crippen molar-refractivity contribution in [2.24, 2.45) is 0 Å². The molecule has 1 saturated carbocycles. The first-order chi connectivity index (χ1) is 8.61. The number of carbonyl (C=O) groups excluding carboxylic acids is 1. The first-order valence-electron chi connectivity index (χ1n) is 6.06. The third-order valence-electron chi connectivity index (χ3n) is 3.03. The molecule has 2 N–H and O–H groups in total. The number of urea groups is 1. The molecule has 1 aromatic rings. The summed E-state index contributed by atoms with van der Waals surface area (Å²) in [7, 11) is 0. The Morgan fingerprint density at radius 2 is 2.28 bits per heavy atom. The predicted octanol–water partition coefficient (Wildman–Crippen LogP) is 2.64. The molecule has 5 heteroatoms. The standard InChI is InChI=1S/C13H17ClN2O2/c1-9-2-3-10(14)8-12(9)15-13(18)16(6-7-17)11-4-5-11/h2-3,8,11,17H,4-7H2,1H3,(H,15,18). The zero-order chi connectivity index (χ0) is 13.1. The van der Waals surface area contributed by atoms with Gasteiger partial charge >= 0.3 is 6.03 Å². The average molecular weight is 269 g/mol. The van der Waals surface area contributed by atoms with E-state index in [-0.39, 0.29) is 18.7 Å². The SMILES string of the molecule is Cc1ccc(Cl)cc1NC(=O)N(CCO)C1CC1. The number of amides is 2. The molecule has 2 rings (SSSR count). The van der Waals surface area contributed by atoms with Crippen molar-refractivity contribution in [1.82, 2.24) is 4.90 Å². The summed E-state index contributed by atoms with van der Waals surface area (Å²) in [5.74, 6) is 0. The van der Waals surface area contributed by atoms with Gasteiger partial charge in [-0.25, -0.2) is 4.79 Å². The number of aryl methyl sites for hydroxylation is 1. The summed E-state index contributed by atoms with van der Waals surface area (Å²) in [4.78, 5) is 13.8. The Morgan fingerprint density at radius 1 is 1.56 bits per heavy atom. The van der Waals surface area contributed by atoms with Crippen LogP contribution in [0.15, 0.2) is 18.2 Å². The van der Waals surface area contributed by atoms with Gasteiger partial charge in [0.1, 0.15) is 0 Å². The van der Waals surface area contributed by atoms with Crippen molar-refractivity contribution >= 4 is 23.3 Å². The van der Waals surface area contributed by atoms with Gasteiger partial charge in [-0.05, 0) is 37.5 Å². The van der Waals surface area contributed by atoms with Gasteiger partial charge in [-0.2, -0.15) is 0 Å². The van der Waals surface area contributed by atoms with E-state index in [9.17, 15) is 4.79 Å². The van der Waals surface area contributed by atoms with Gasteiger partial charge in [-0.15, -0.1) is 0 Å². The highest BCUT2D eigenvalue weighted by atomic mass is 35.5. The summed E-state index contributed by atoms with van der Waals surface area (Å²) in [5, 5.41) is 12.4. The lowest BCUT2D eigenvalue weighted by molar-refractivity contribution is 0.185. The predicted molar refractivity (Wildman–Crippen MR) is 72.0 cm³/mol. The minimum Gasteiger partial charge on any atom is -0.395 e. The minimum absolute atomic E-state index is 0.0154. The fourth-order valence-electron chi connectivity index (χ4n) is 1.86. The van der Waals surface area contributed by atoms with E-state index in [1.165, 1.54) is 0 Å². The van der Waals surface area contributed by atoms with Gasteiger partial charge in [0.2, 0.25) is 0 Å². The fraction of sp³-hybridized carbons (Fsp3) is 0.462. The van der Waals surface area contributed by atoms with Gasteiger partial charge in [-0.3, -0.25) is 0 Å². The Hall–Kier alpha value is -1.26. The molecular weight excluding hydrogens is 252 g/mol. The van der Waals surface area contributed by atoms with E-state index in [2.05, 4.69) is 5.32 Å². The van der Waals surface area contributed by atoms with Crippen molar-refractivity contribution in [3.05, 3.63) is 28.8 Å². The monoisotopic (exact) mass is 268 g/mol. The lowest BCUT2D eigenvalue weighted by Gasteiger charge is -2.22. The van der Waals surface area contributed by atoms with Crippen molar-refractivity contribution in [2.75, 3.05) is 18.5 Å². The molecule has 0 unspecified atom stereocenters. The lowest BCUT2D eigenvalue weighted by atomic mass is 10.2. The molecule has 0 saturated heterocycles. The lowest BCUT2D eigenvalue weighted by Crippen LogP contribution is -2.38. The van der Waals surface area contributed by atoms with E-state index in [0.717, 1.165) is 24.1 Å². The summed E-state index contributed by atoms with van der Waals surface area (Å²) in [5.41, 5.74) is 1.68. The smallest absolute Gasteiger partial charge is 0.322 e. The highest BCUT2D eigenvalue weighted by Gasteiger charge is 2.32. The Morgan fingerprint density at radius 3 is 2.89 bits per heavy atom. The highest BCUT2D eigenvalue weighted by Crippen LogP contribution is 2.28. The average Bonchev–Trinajstić information content (AvgIpc) is 3.14. The number of aliphatic hydroxyl groups excluding tert-OH is 1. The van der Waals surface area contributed by atoms with Crippen LogP contribution in [0.2, 0.25) is 5.02 Å². The maximum Gasteiger partial charge on any atom is 0.322 e. The highest BCUT2D eigenvalue weighted by molar-refractivity contribution is 6.31. The van der Waals surface area contributed by atoms with Crippen LogP contribution in [0.3, 0.4) is 0 Å². The molecular formula is C13H17ClN2O2. The van der Waals surface area contributed by atoms with Crippen LogP contribution in [-0.2, 0) is 0 Å². The summed E-state index contributed by atoms with van der Waals surface area (Å²) in [6, 6.07) is 5.50. The van der Waals surface area contributed by atoms with Crippen molar-refractivity contribution in [3.63, 3.8) is 0 Å².